The quantitative estimate of drug-likeness (QED) is 0.510. The molecule has 1 atom stereocenters. The van der Waals surface area contributed by atoms with Crippen LogP contribution in [0.5, 0.6) is 0 Å². The van der Waals surface area contributed by atoms with Gasteiger partial charge in [-0.15, -0.1) is 10.2 Å². The van der Waals surface area contributed by atoms with Crippen molar-refractivity contribution in [1.29, 1.82) is 0 Å². The molecule has 0 aliphatic carbocycles. The Kier molecular flexibility index (Phi) is 6.13. The average molecular weight is 343 g/mol. The van der Waals surface area contributed by atoms with Crippen LogP contribution in [0.2, 0.25) is 0 Å². The standard InChI is InChI=1S/C12H17N5O3S2/c1-7-16-17-12(22-7)21-6-2-5-13-10(19)8-3-4-9(18)15-11(20)14-8/h8H,2-6H2,1H3,(H,13,19)(H2,14,15,18,20)/t8-/m1/s1. The summed E-state index contributed by atoms with van der Waals surface area (Å²) in [4.78, 5) is 34.4. The molecule has 1 fully saturated rings. The molecule has 1 aromatic rings. The van der Waals surface area contributed by atoms with E-state index in [0.29, 0.717) is 13.0 Å². The zero-order valence-electron chi connectivity index (χ0n) is 12.0. The van der Waals surface area contributed by atoms with Crippen molar-refractivity contribution >= 4 is 40.9 Å². The summed E-state index contributed by atoms with van der Waals surface area (Å²) in [6, 6.07) is -1.28. The molecule has 120 valence electrons. The van der Waals surface area contributed by atoms with Gasteiger partial charge in [-0.25, -0.2) is 4.79 Å². The summed E-state index contributed by atoms with van der Waals surface area (Å²) in [5.74, 6) is 0.199. The van der Waals surface area contributed by atoms with E-state index in [-0.39, 0.29) is 18.2 Å². The maximum Gasteiger partial charge on any atom is 0.322 e. The molecule has 1 saturated heterocycles. The molecule has 3 N–H and O–H groups in total. The van der Waals surface area contributed by atoms with E-state index in [0.717, 1.165) is 21.5 Å². The highest BCUT2D eigenvalue weighted by atomic mass is 32.2. The molecule has 8 nitrogen and oxygen atoms in total. The van der Waals surface area contributed by atoms with Crippen molar-refractivity contribution in [3.8, 4) is 0 Å². The van der Waals surface area contributed by atoms with E-state index in [1.807, 2.05) is 6.92 Å². The summed E-state index contributed by atoms with van der Waals surface area (Å²) in [5, 5.41) is 16.3. The summed E-state index contributed by atoms with van der Waals surface area (Å²) < 4.78 is 0.921. The fraction of sp³-hybridized carbons (Fsp3) is 0.583. The zero-order chi connectivity index (χ0) is 15.9. The molecule has 2 heterocycles. The van der Waals surface area contributed by atoms with Crippen LogP contribution in [0.3, 0.4) is 0 Å². The Labute approximate surface area is 135 Å². The molecule has 10 heteroatoms. The fourth-order valence-electron chi connectivity index (χ4n) is 1.83. The van der Waals surface area contributed by atoms with Crippen molar-refractivity contribution in [1.82, 2.24) is 26.1 Å². The fourth-order valence-corrected chi connectivity index (χ4v) is 3.66. The predicted octanol–water partition coefficient (Wildman–Crippen LogP) is 0.433. The van der Waals surface area contributed by atoms with Gasteiger partial charge in [-0.05, 0) is 19.8 Å². The Morgan fingerprint density at radius 2 is 2.27 bits per heavy atom. The van der Waals surface area contributed by atoms with E-state index in [2.05, 4.69) is 26.1 Å². The van der Waals surface area contributed by atoms with E-state index in [4.69, 9.17) is 0 Å². The highest BCUT2D eigenvalue weighted by Gasteiger charge is 2.25. The number of hydrogen-bond acceptors (Lipinski definition) is 7. The second kappa shape index (κ2) is 8.08. The number of carbonyl (C=O) groups is 3. The second-order valence-electron chi connectivity index (χ2n) is 4.69. The molecule has 0 aromatic carbocycles. The number of thioether (sulfide) groups is 1. The largest absolute Gasteiger partial charge is 0.354 e. The van der Waals surface area contributed by atoms with Crippen LogP contribution in [0, 0.1) is 6.92 Å². The van der Waals surface area contributed by atoms with Gasteiger partial charge in [-0.1, -0.05) is 23.1 Å². The number of rotatable bonds is 6. The third-order valence-electron chi connectivity index (χ3n) is 2.89. The van der Waals surface area contributed by atoms with Gasteiger partial charge in [0, 0.05) is 18.7 Å². The number of urea groups is 1. The Balaban J connectivity index is 1.64. The zero-order valence-corrected chi connectivity index (χ0v) is 13.7. The molecule has 0 saturated carbocycles. The van der Waals surface area contributed by atoms with Crippen LogP contribution in [0.25, 0.3) is 0 Å². The average Bonchev–Trinajstić information content (AvgIpc) is 2.79. The van der Waals surface area contributed by atoms with Crippen molar-refractivity contribution in [3.63, 3.8) is 0 Å². The summed E-state index contributed by atoms with van der Waals surface area (Å²) in [6.07, 6.45) is 1.25. The number of amides is 4. The number of nitrogens with zero attached hydrogens (tertiary/aromatic N) is 2. The van der Waals surface area contributed by atoms with Crippen molar-refractivity contribution in [2.24, 2.45) is 0 Å². The van der Waals surface area contributed by atoms with Crippen molar-refractivity contribution in [2.45, 2.75) is 36.6 Å². The van der Waals surface area contributed by atoms with Crippen LogP contribution in [0.15, 0.2) is 4.34 Å². The molecule has 2 rings (SSSR count). The smallest absolute Gasteiger partial charge is 0.322 e. The molecular weight excluding hydrogens is 326 g/mol. The van der Waals surface area contributed by atoms with E-state index < -0.39 is 12.1 Å². The predicted molar refractivity (Wildman–Crippen MR) is 82.7 cm³/mol. The Morgan fingerprint density at radius 3 is 3.00 bits per heavy atom. The molecule has 1 aliphatic rings. The summed E-state index contributed by atoms with van der Waals surface area (Å²) >= 11 is 3.15. The summed E-state index contributed by atoms with van der Waals surface area (Å²) in [5.41, 5.74) is 0. The number of imide groups is 1. The van der Waals surface area contributed by atoms with Crippen LogP contribution in [0.4, 0.5) is 4.79 Å². The van der Waals surface area contributed by atoms with Crippen LogP contribution >= 0.6 is 23.1 Å². The molecule has 1 aromatic heterocycles. The minimum atomic E-state index is -0.662. The number of carbonyl (C=O) groups excluding carboxylic acids is 3. The number of nitrogens with one attached hydrogen (secondary N) is 3. The molecule has 0 bridgehead atoms. The number of aromatic nitrogens is 2. The lowest BCUT2D eigenvalue weighted by Crippen LogP contribution is -2.48. The monoisotopic (exact) mass is 343 g/mol. The second-order valence-corrected chi connectivity index (χ2v) is 7.22. The van der Waals surface area contributed by atoms with Crippen molar-refractivity contribution < 1.29 is 14.4 Å². The van der Waals surface area contributed by atoms with Gasteiger partial charge in [0.25, 0.3) is 0 Å². The van der Waals surface area contributed by atoms with E-state index in [9.17, 15) is 14.4 Å². The highest BCUT2D eigenvalue weighted by Crippen LogP contribution is 2.21. The molecule has 0 unspecified atom stereocenters. The first-order valence-electron chi connectivity index (χ1n) is 6.85. The van der Waals surface area contributed by atoms with Crippen LogP contribution in [-0.2, 0) is 9.59 Å². The van der Waals surface area contributed by atoms with Crippen molar-refractivity contribution in [2.75, 3.05) is 12.3 Å². The number of hydrogen-bond donors (Lipinski definition) is 3. The normalized spacial score (nSPS) is 18.3. The van der Waals surface area contributed by atoms with Gasteiger partial charge >= 0.3 is 6.03 Å². The lowest BCUT2D eigenvalue weighted by atomic mass is 10.1. The van der Waals surface area contributed by atoms with Gasteiger partial charge in [0.2, 0.25) is 11.8 Å². The molecular formula is C12H17N5O3S2. The first kappa shape index (κ1) is 16.7. The molecule has 4 amide bonds. The summed E-state index contributed by atoms with van der Waals surface area (Å²) in [6.45, 7) is 2.42. The molecule has 22 heavy (non-hydrogen) atoms. The van der Waals surface area contributed by atoms with Crippen LogP contribution < -0.4 is 16.0 Å². The maximum absolute atomic E-state index is 11.9. The Morgan fingerprint density at radius 1 is 1.45 bits per heavy atom. The lowest BCUT2D eigenvalue weighted by Gasteiger charge is -2.14. The first-order chi connectivity index (χ1) is 10.5. The van der Waals surface area contributed by atoms with E-state index in [1.165, 1.54) is 0 Å². The van der Waals surface area contributed by atoms with Gasteiger partial charge in [0.05, 0.1) is 0 Å². The van der Waals surface area contributed by atoms with E-state index in [1.54, 1.807) is 23.1 Å². The minimum absolute atomic E-state index is 0.156. The van der Waals surface area contributed by atoms with Crippen molar-refractivity contribution in [3.05, 3.63) is 5.01 Å². The van der Waals surface area contributed by atoms with E-state index >= 15 is 0 Å². The minimum Gasteiger partial charge on any atom is -0.354 e. The van der Waals surface area contributed by atoms with Gasteiger partial charge in [-0.3, -0.25) is 14.9 Å². The molecule has 1 aliphatic heterocycles. The SMILES string of the molecule is Cc1nnc(SCCCNC(=O)[C@H]2CCC(=O)NC(=O)N2)s1. The Hall–Kier alpha value is -1.68. The third kappa shape index (κ3) is 5.26. The lowest BCUT2D eigenvalue weighted by molar-refractivity contribution is -0.123. The van der Waals surface area contributed by atoms with Crippen LogP contribution in [0.1, 0.15) is 24.3 Å². The highest BCUT2D eigenvalue weighted by molar-refractivity contribution is 8.01. The first-order valence-corrected chi connectivity index (χ1v) is 8.66. The molecule has 0 radical (unpaired) electrons. The number of aryl methyl sites for hydroxylation is 1. The third-order valence-corrected chi connectivity index (χ3v) is 4.95. The molecule has 0 spiro atoms. The summed E-state index contributed by atoms with van der Waals surface area (Å²) in [7, 11) is 0. The topological polar surface area (TPSA) is 113 Å². The van der Waals surface area contributed by atoms with Gasteiger partial charge in [0.15, 0.2) is 4.34 Å². The van der Waals surface area contributed by atoms with Crippen LogP contribution in [-0.4, -0.2) is 46.4 Å². The van der Waals surface area contributed by atoms with Gasteiger partial charge < -0.3 is 10.6 Å². The Bertz CT molecular complexity index is 563. The van der Waals surface area contributed by atoms with Gasteiger partial charge in [0.1, 0.15) is 11.0 Å². The van der Waals surface area contributed by atoms with Gasteiger partial charge in [-0.2, -0.15) is 0 Å². The maximum atomic E-state index is 11.9.